The molecule has 0 spiro atoms. The van der Waals surface area contributed by atoms with E-state index in [-0.39, 0.29) is 6.61 Å². The van der Waals surface area contributed by atoms with Crippen LogP contribution in [0.25, 0.3) is 0 Å². The van der Waals surface area contributed by atoms with Gasteiger partial charge in [0.25, 0.3) is 0 Å². The van der Waals surface area contributed by atoms with E-state index in [0.29, 0.717) is 19.8 Å². The van der Waals surface area contributed by atoms with Crippen LogP contribution in [0.3, 0.4) is 0 Å². The first kappa shape index (κ1) is 23.7. The fourth-order valence-corrected chi connectivity index (χ4v) is 3.92. The monoisotopic (exact) mass is 459 g/mol. The molecule has 1 amide bonds. The van der Waals surface area contributed by atoms with Gasteiger partial charge in [-0.3, -0.25) is 4.90 Å². The second kappa shape index (κ2) is 12.1. The summed E-state index contributed by atoms with van der Waals surface area (Å²) in [5.41, 5.74) is 3.06. The van der Waals surface area contributed by atoms with Crippen molar-refractivity contribution in [2.75, 3.05) is 6.61 Å². The van der Waals surface area contributed by atoms with Crippen molar-refractivity contribution >= 4 is 6.09 Å². The number of amides is 1. The summed E-state index contributed by atoms with van der Waals surface area (Å²) < 4.78 is 18.5. The van der Waals surface area contributed by atoms with Crippen LogP contribution in [0.4, 0.5) is 4.79 Å². The molecule has 1 unspecified atom stereocenters. The van der Waals surface area contributed by atoms with Crippen molar-refractivity contribution in [3.05, 3.63) is 120 Å². The molecule has 0 saturated heterocycles. The Hall–Kier alpha value is -3.45. The molecule has 4 rings (SSSR count). The molecular formula is C28H29NO5. The maximum absolute atomic E-state index is 12.0. The van der Waals surface area contributed by atoms with Gasteiger partial charge in [0.05, 0.1) is 32.5 Å². The molecule has 0 bridgehead atoms. The van der Waals surface area contributed by atoms with Crippen LogP contribution in [0.1, 0.15) is 16.7 Å². The molecule has 0 fully saturated rings. The highest BCUT2D eigenvalue weighted by molar-refractivity contribution is 5.67. The maximum Gasteiger partial charge on any atom is 0.411 e. The molecule has 0 saturated carbocycles. The topological polar surface area (TPSA) is 68.2 Å². The first-order chi connectivity index (χ1) is 16.7. The van der Waals surface area contributed by atoms with Gasteiger partial charge in [-0.2, -0.15) is 0 Å². The van der Waals surface area contributed by atoms with Crippen LogP contribution < -0.4 is 0 Å². The molecule has 3 aromatic rings. The van der Waals surface area contributed by atoms with Crippen molar-refractivity contribution in [2.24, 2.45) is 0 Å². The van der Waals surface area contributed by atoms with Crippen molar-refractivity contribution in [3.63, 3.8) is 0 Å². The van der Waals surface area contributed by atoms with Crippen molar-refractivity contribution in [1.82, 2.24) is 4.90 Å². The molecule has 6 heteroatoms. The molecule has 34 heavy (non-hydrogen) atoms. The summed E-state index contributed by atoms with van der Waals surface area (Å²) in [6.07, 6.45) is 1.28. The lowest BCUT2D eigenvalue weighted by Gasteiger charge is -2.39. The van der Waals surface area contributed by atoms with E-state index < -0.39 is 24.3 Å². The molecule has 1 aliphatic rings. The Kier molecular flexibility index (Phi) is 8.46. The Balaban J connectivity index is 1.50. The summed E-state index contributed by atoms with van der Waals surface area (Å²) >= 11 is 0. The molecule has 176 valence electrons. The van der Waals surface area contributed by atoms with Gasteiger partial charge in [-0.05, 0) is 22.8 Å². The van der Waals surface area contributed by atoms with Crippen molar-refractivity contribution in [3.8, 4) is 0 Å². The minimum atomic E-state index is -1.06. The number of carboxylic acid groups (broad SMARTS) is 1. The third kappa shape index (κ3) is 6.54. The second-order valence-electron chi connectivity index (χ2n) is 8.12. The van der Waals surface area contributed by atoms with Gasteiger partial charge in [0, 0.05) is 6.20 Å². The van der Waals surface area contributed by atoms with Crippen molar-refractivity contribution in [1.29, 1.82) is 0 Å². The smallest absolute Gasteiger partial charge is 0.411 e. The van der Waals surface area contributed by atoms with Gasteiger partial charge in [0.1, 0.15) is 12.2 Å². The molecule has 3 aromatic carbocycles. The molecule has 0 aromatic heterocycles. The zero-order valence-electron chi connectivity index (χ0n) is 18.9. The molecular weight excluding hydrogens is 430 g/mol. The molecule has 3 atom stereocenters. The predicted molar refractivity (Wildman–Crippen MR) is 129 cm³/mol. The van der Waals surface area contributed by atoms with E-state index in [1.54, 1.807) is 12.3 Å². The second-order valence-corrected chi connectivity index (χ2v) is 8.12. The highest BCUT2D eigenvalue weighted by atomic mass is 16.5. The van der Waals surface area contributed by atoms with Gasteiger partial charge in [-0.25, -0.2) is 4.79 Å². The molecule has 6 nitrogen and oxygen atoms in total. The Bertz CT molecular complexity index is 1040. The van der Waals surface area contributed by atoms with E-state index in [4.69, 9.17) is 14.2 Å². The third-order valence-electron chi connectivity index (χ3n) is 5.69. The first-order valence-corrected chi connectivity index (χ1v) is 11.3. The van der Waals surface area contributed by atoms with Crippen molar-refractivity contribution < 1.29 is 24.1 Å². The van der Waals surface area contributed by atoms with Gasteiger partial charge in [-0.1, -0.05) is 91.0 Å². The summed E-state index contributed by atoms with van der Waals surface area (Å²) in [4.78, 5) is 13.3. The fourth-order valence-electron chi connectivity index (χ4n) is 3.92. The van der Waals surface area contributed by atoms with Crippen LogP contribution in [-0.4, -0.2) is 41.0 Å². The Morgan fingerprint density at radius 1 is 0.735 bits per heavy atom. The zero-order chi connectivity index (χ0) is 23.6. The van der Waals surface area contributed by atoms with E-state index in [1.807, 2.05) is 91.0 Å². The maximum atomic E-state index is 12.0. The van der Waals surface area contributed by atoms with E-state index in [0.717, 1.165) is 16.7 Å². The minimum Gasteiger partial charge on any atom is -0.465 e. The summed E-state index contributed by atoms with van der Waals surface area (Å²) in [6.45, 7) is 1.30. The van der Waals surface area contributed by atoms with Gasteiger partial charge < -0.3 is 19.3 Å². The Morgan fingerprint density at radius 2 is 1.24 bits per heavy atom. The Morgan fingerprint density at radius 3 is 1.76 bits per heavy atom. The highest BCUT2D eigenvalue weighted by Crippen LogP contribution is 2.25. The molecule has 1 heterocycles. The lowest BCUT2D eigenvalue weighted by molar-refractivity contribution is -0.114. The lowest BCUT2D eigenvalue weighted by Crippen LogP contribution is -2.55. The highest BCUT2D eigenvalue weighted by Gasteiger charge is 2.39. The average Bonchev–Trinajstić information content (AvgIpc) is 2.88. The number of benzene rings is 3. The van der Waals surface area contributed by atoms with Gasteiger partial charge >= 0.3 is 6.09 Å². The predicted octanol–water partition coefficient (Wildman–Crippen LogP) is 5.25. The van der Waals surface area contributed by atoms with E-state index in [1.165, 1.54) is 4.90 Å². The number of hydrogen-bond donors (Lipinski definition) is 1. The number of carbonyl (C=O) groups is 1. The van der Waals surface area contributed by atoms with Gasteiger partial charge in [-0.15, -0.1) is 0 Å². The molecule has 1 N–H and O–H groups in total. The van der Waals surface area contributed by atoms with Gasteiger partial charge in [0.2, 0.25) is 0 Å². The number of nitrogens with zero attached hydrogens (tertiary/aromatic N) is 1. The standard InChI is InChI=1S/C28H29NO5/c30-28(31)29-17-16-26(33-19-23-12-6-2-7-13-23)27(34-20-24-14-8-3-9-15-24)25(29)21-32-18-22-10-4-1-5-11-22/h1-17,25-27H,18-21H2,(H,30,31)/t25-,26?,27+/m1/s1. The molecule has 1 aliphatic heterocycles. The fraction of sp³-hybridized carbons (Fsp3) is 0.250. The van der Waals surface area contributed by atoms with Crippen LogP contribution in [0.15, 0.2) is 103 Å². The van der Waals surface area contributed by atoms with Crippen LogP contribution >= 0.6 is 0 Å². The number of rotatable bonds is 10. The van der Waals surface area contributed by atoms with Crippen molar-refractivity contribution in [2.45, 2.75) is 38.1 Å². The zero-order valence-corrected chi connectivity index (χ0v) is 18.9. The lowest BCUT2D eigenvalue weighted by atomic mass is 10.0. The molecule has 0 aliphatic carbocycles. The summed E-state index contributed by atoms with van der Waals surface area (Å²) in [7, 11) is 0. The Labute approximate surface area is 200 Å². The van der Waals surface area contributed by atoms with Gasteiger partial charge in [0.15, 0.2) is 0 Å². The number of hydrogen-bond acceptors (Lipinski definition) is 4. The summed E-state index contributed by atoms with van der Waals surface area (Å²) in [5, 5.41) is 9.84. The van der Waals surface area contributed by atoms with E-state index in [2.05, 4.69) is 0 Å². The number of ether oxygens (including phenoxy) is 3. The largest absolute Gasteiger partial charge is 0.465 e. The SMILES string of the molecule is O=C(O)N1C=CC(OCc2ccccc2)[C@@H](OCc2ccccc2)[C@H]1COCc1ccccc1. The van der Waals surface area contributed by atoms with Crippen LogP contribution in [-0.2, 0) is 34.0 Å². The van der Waals surface area contributed by atoms with Crippen LogP contribution in [0, 0.1) is 0 Å². The van der Waals surface area contributed by atoms with Crippen LogP contribution in [0.5, 0.6) is 0 Å². The first-order valence-electron chi connectivity index (χ1n) is 11.3. The van der Waals surface area contributed by atoms with E-state index in [9.17, 15) is 9.90 Å². The van der Waals surface area contributed by atoms with Crippen LogP contribution in [0.2, 0.25) is 0 Å². The normalized spacial score (nSPS) is 19.8. The minimum absolute atomic E-state index is 0.177. The summed E-state index contributed by atoms with van der Waals surface area (Å²) in [6, 6.07) is 28.9. The average molecular weight is 460 g/mol. The summed E-state index contributed by atoms with van der Waals surface area (Å²) in [5.74, 6) is 0. The third-order valence-corrected chi connectivity index (χ3v) is 5.69. The molecule has 0 radical (unpaired) electrons. The quantitative estimate of drug-likeness (QED) is 0.449. The van der Waals surface area contributed by atoms with E-state index >= 15 is 0 Å².